The third kappa shape index (κ3) is 4.56. The number of alkyl halides is 3. The van der Waals surface area contributed by atoms with E-state index in [1.54, 1.807) is 26.0 Å². The number of nitrogens with zero attached hydrogens (tertiary/aromatic N) is 1. The van der Waals surface area contributed by atoms with Crippen LogP contribution in [0, 0.1) is 6.92 Å². The monoisotopic (exact) mass is 341 g/mol. The molecule has 2 rings (SSSR count). The van der Waals surface area contributed by atoms with E-state index >= 15 is 0 Å². The van der Waals surface area contributed by atoms with Crippen LogP contribution in [0.15, 0.2) is 45.9 Å². The summed E-state index contributed by atoms with van der Waals surface area (Å²) in [5, 5.41) is 6.42. The van der Waals surface area contributed by atoms with Crippen LogP contribution in [0.1, 0.15) is 24.0 Å². The van der Waals surface area contributed by atoms with Crippen LogP contribution in [0.2, 0.25) is 0 Å². The molecule has 0 bridgehead atoms. The Hall–Kier alpha value is -2.35. The van der Waals surface area contributed by atoms with Crippen LogP contribution in [-0.2, 0) is 6.18 Å². The standard InChI is InChI=1S/C15H14F3N3OS/c1-9-7-8-13(22-9)10(2)20-21-14(23)19-12-6-4-3-5-11(12)15(16,17)18/h3-8H,1-2H3,(H2,19,21,23)/b20-10-. The summed E-state index contributed by atoms with van der Waals surface area (Å²) < 4.78 is 44.1. The van der Waals surface area contributed by atoms with Crippen molar-refractivity contribution in [1.82, 2.24) is 5.43 Å². The Morgan fingerprint density at radius 1 is 1.17 bits per heavy atom. The van der Waals surface area contributed by atoms with Crippen molar-refractivity contribution >= 4 is 28.7 Å². The highest BCUT2D eigenvalue weighted by molar-refractivity contribution is 7.80. The van der Waals surface area contributed by atoms with Crippen molar-refractivity contribution in [2.75, 3.05) is 5.32 Å². The molecule has 0 saturated carbocycles. The van der Waals surface area contributed by atoms with E-state index in [1.807, 2.05) is 0 Å². The predicted octanol–water partition coefficient (Wildman–Crippen LogP) is 4.32. The topological polar surface area (TPSA) is 49.6 Å². The van der Waals surface area contributed by atoms with Crippen LogP contribution in [0.5, 0.6) is 0 Å². The molecule has 0 atom stereocenters. The maximum Gasteiger partial charge on any atom is 0.418 e. The van der Waals surface area contributed by atoms with E-state index < -0.39 is 11.7 Å². The molecule has 4 nitrogen and oxygen atoms in total. The average molecular weight is 341 g/mol. The smallest absolute Gasteiger partial charge is 0.418 e. The maximum absolute atomic E-state index is 12.9. The molecule has 0 aliphatic heterocycles. The fourth-order valence-electron chi connectivity index (χ4n) is 1.81. The highest BCUT2D eigenvalue weighted by Gasteiger charge is 2.33. The molecule has 8 heteroatoms. The summed E-state index contributed by atoms with van der Waals surface area (Å²) in [6.45, 7) is 3.49. The zero-order valence-corrected chi connectivity index (χ0v) is 13.2. The van der Waals surface area contributed by atoms with Gasteiger partial charge in [-0.15, -0.1) is 0 Å². The van der Waals surface area contributed by atoms with Gasteiger partial charge in [0, 0.05) is 0 Å². The molecule has 0 saturated heterocycles. The molecule has 0 aliphatic carbocycles. The lowest BCUT2D eigenvalue weighted by molar-refractivity contribution is -0.136. The number of halogens is 3. The van der Waals surface area contributed by atoms with Gasteiger partial charge in [0.15, 0.2) is 5.11 Å². The van der Waals surface area contributed by atoms with E-state index in [1.165, 1.54) is 18.2 Å². The van der Waals surface area contributed by atoms with E-state index in [-0.39, 0.29) is 10.8 Å². The van der Waals surface area contributed by atoms with E-state index in [0.717, 1.165) is 11.8 Å². The van der Waals surface area contributed by atoms with Gasteiger partial charge in [-0.3, -0.25) is 5.43 Å². The van der Waals surface area contributed by atoms with Gasteiger partial charge in [-0.05, 0) is 50.3 Å². The third-order valence-electron chi connectivity index (χ3n) is 2.90. The fourth-order valence-corrected chi connectivity index (χ4v) is 1.96. The highest BCUT2D eigenvalue weighted by atomic mass is 32.1. The van der Waals surface area contributed by atoms with Gasteiger partial charge in [-0.25, -0.2) is 0 Å². The first-order chi connectivity index (χ1) is 10.8. The Kier molecular flexibility index (Phi) is 5.05. The molecular formula is C15H14F3N3OS. The summed E-state index contributed by atoms with van der Waals surface area (Å²) in [5.41, 5.74) is 2.08. The average Bonchev–Trinajstić information content (AvgIpc) is 2.91. The third-order valence-corrected chi connectivity index (χ3v) is 3.10. The molecular weight excluding hydrogens is 327 g/mol. The van der Waals surface area contributed by atoms with Crippen LogP contribution in [-0.4, -0.2) is 10.8 Å². The lowest BCUT2D eigenvalue weighted by Gasteiger charge is -2.14. The maximum atomic E-state index is 12.9. The largest absolute Gasteiger partial charge is 0.460 e. The molecule has 0 amide bonds. The number of aryl methyl sites for hydroxylation is 1. The lowest BCUT2D eigenvalue weighted by Crippen LogP contribution is -2.26. The van der Waals surface area contributed by atoms with E-state index in [2.05, 4.69) is 15.8 Å². The molecule has 0 radical (unpaired) electrons. The lowest BCUT2D eigenvalue weighted by atomic mass is 10.2. The molecule has 2 N–H and O–H groups in total. The summed E-state index contributed by atoms with van der Waals surface area (Å²) in [6.07, 6.45) is -4.47. The summed E-state index contributed by atoms with van der Waals surface area (Å²) in [4.78, 5) is 0. The van der Waals surface area contributed by atoms with Crippen molar-refractivity contribution in [3.63, 3.8) is 0 Å². The first kappa shape index (κ1) is 17.0. The number of anilines is 1. The first-order valence-corrected chi connectivity index (χ1v) is 7.02. The second-order valence-electron chi connectivity index (χ2n) is 4.72. The quantitative estimate of drug-likeness (QED) is 0.496. The number of benzene rings is 1. The Balaban J connectivity index is 2.06. The summed E-state index contributed by atoms with van der Waals surface area (Å²) in [5.74, 6) is 1.28. The van der Waals surface area contributed by atoms with Crippen molar-refractivity contribution in [2.45, 2.75) is 20.0 Å². The van der Waals surface area contributed by atoms with Crippen molar-refractivity contribution in [1.29, 1.82) is 0 Å². The zero-order valence-electron chi connectivity index (χ0n) is 12.4. The Morgan fingerprint density at radius 3 is 2.48 bits per heavy atom. The van der Waals surface area contributed by atoms with E-state index in [9.17, 15) is 13.2 Å². The number of furan rings is 1. The minimum Gasteiger partial charge on any atom is -0.460 e. The minimum absolute atomic E-state index is 0.0515. The van der Waals surface area contributed by atoms with Crippen molar-refractivity contribution in [2.24, 2.45) is 5.10 Å². The van der Waals surface area contributed by atoms with E-state index in [4.69, 9.17) is 16.6 Å². The number of hydrogen-bond acceptors (Lipinski definition) is 3. The second kappa shape index (κ2) is 6.82. The molecule has 1 heterocycles. The Morgan fingerprint density at radius 2 is 1.87 bits per heavy atom. The molecule has 0 unspecified atom stereocenters. The fraction of sp³-hybridized carbons (Fsp3) is 0.200. The molecule has 1 aromatic heterocycles. The number of hydrogen-bond donors (Lipinski definition) is 2. The van der Waals surface area contributed by atoms with Crippen LogP contribution < -0.4 is 10.7 Å². The molecule has 0 aliphatic rings. The molecule has 2 aromatic rings. The first-order valence-electron chi connectivity index (χ1n) is 6.61. The van der Waals surface area contributed by atoms with Gasteiger partial charge in [-0.1, -0.05) is 12.1 Å². The molecule has 1 aromatic carbocycles. The zero-order chi connectivity index (χ0) is 17.0. The van der Waals surface area contributed by atoms with Gasteiger partial charge >= 0.3 is 6.18 Å². The van der Waals surface area contributed by atoms with Gasteiger partial charge in [0.05, 0.1) is 11.3 Å². The van der Waals surface area contributed by atoms with Gasteiger partial charge in [-0.2, -0.15) is 18.3 Å². The SMILES string of the molecule is C/C(=N/NC(=S)Nc1ccccc1C(F)(F)F)c1ccc(C)o1. The van der Waals surface area contributed by atoms with Crippen LogP contribution in [0.25, 0.3) is 0 Å². The molecule has 122 valence electrons. The van der Waals surface area contributed by atoms with Crippen LogP contribution >= 0.6 is 12.2 Å². The number of rotatable bonds is 3. The summed E-state index contributed by atoms with van der Waals surface area (Å²) in [7, 11) is 0. The van der Waals surface area contributed by atoms with Gasteiger partial charge in [0.25, 0.3) is 0 Å². The number of nitrogens with one attached hydrogen (secondary N) is 2. The summed E-state index contributed by atoms with van der Waals surface area (Å²) >= 11 is 4.96. The molecule has 0 spiro atoms. The minimum atomic E-state index is -4.47. The Bertz CT molecular complexity index is 738. The van der Waals surface area contributed by atoms with Gasteiger partial charge < -0.3 is 9.73 Å². The van der Waals surface area contributed by atoms with Gasteiger partial charge in [0.2, 0.25) is 0 Å². The normalized spacial score (nSPS) is 12.1. The van der Waals surface area contributed by atoms with Crippen molar-refractivity contribution < 1.29 is 17.6 Å². The Labute approximate surface area is 136 Å². The van der Waals surface area contributed by atoms with E-state index in [0.29, 0.717) is 11.5 Å². The second-order valence-corrected chi connectivity index (χ2v) is 5.13. The van der Waals surface area contributed by atoms with Gasteiger partial charge in [0.1, 0.15) is 17.2 Å². The predicted molar refractivity (Wildman–Crippen MR) is 86.5 cm³/mol. The number of para-hydroxylation sites is 1. The molecule has 0 fully saturated rings. The number of thiocarbonyl (C=S) groups is 1. The van der Waals surface area contributed by atoms with Crippen molar-refractivity contribution in [3.05, 3.63) is 53.5 Å². The number of hydrazone groups is 1. The van der Waals surface area contributed by atoms with Crippen LogP contribution in [0.3, 0.4) is 0 Å². The van der Waals surface area contributed by atoms with Crippen molar-refractivity contribution in [3.8, 4) is 0 Å². The van der Waals surface area contributed by atoms with Crippen LogP contribution in [0.4, 0.5) is 18.9 Å². The summed E-state index contributed by atoms with van der Waals surface area (Å²) in [6, 6.07) is 8.59. The molecule has 23 heavy (non-hydrogen) atoms. The highest BCUT2D eigenvalue weighted by Crippen LogP contribution is 2.34.